The van der Waals surface area contributed by atoms with Gasteiger partial charge in [-0.05, 0) is 76.3 Å². The Morgan fingerprint density at radius 2 is 1.59 bits per heavy atom. The lowest BCUT2D eigenvalue weighted by molar-refractivity contribution is -0.871. The van der Waals surface area contributed by atoms with Crippen molar-refractivity contribution in [2.24, 2.45) is 0 Å². The molecule has 0 aromatic heterocycles. The van der Waals surface area contributed by atoms with Gasteiger partial charge in [-0.3, -0.25) is 0 Å². The predicted molar refractivity (Wildman–Crippen MR) is 126 cm³/mol. The van der Waals surface area contributed by atoms with Gasteiger partial charge < -0.3 is 18.9 Å². The van der Waals surface area contributed by atoms with Crippen molar-refractivity contribution in [1.29, 1.82) is 0 Å². The lowest BCUT2D eigenvalue weighted by Gasteiger charge is -2.39. The molecule has 0 aliphatic carbocycles. The molecule has 1 atom stereocenters. The van der Waals surface area contributed by atoms with E-state index in [0.29, 0.717) is 5.75 Å². The van der Waals surface area contributed by atoms with Gasteiger partial charge in [-0.25, -0.2) is 8.42 Å². The lowest BCUT2D eigenvalue weighted by atomic mass is 9.85. The number of phenolic OH excluding ortho intramolecular Hbond substituents is 1. The van der Waals surface area contributed by atoms with Crippen molar-refractivity contribution in [2.45, 2.75) is 64.4 Å². The van der Waals surface area contributed by atoms with E-state index in [1.54, 1.807) is 12.1 Å². The molecule has 178 valence electrons. The average molecular weight is 464 g/mol. The first-order valence-corrected chi connectivity index (χ1v) is 12.3. The van der Waals surface area contributed by atoms with E-state index in [1.165, 1.54) is 17.7 Å². The highest BCUT2D eigenvalue weighted by Crippen LogP contribution is 2.44. The van der Waals surface area contributed by atoms with Crippen LogP contribution < -0.4 is 4.74 Å². The fourth-order valence-corrected chi connectivity index (χ4v) is 4.22. The topological polar surface area (TPSA) is 86.7 Å². The molecule has 0 fully saturated rings. The van der Waals surface area contributed by atoms with Crippen LogP contribution in [0.5, 0.6) is 11.5 Å². The van der Waals surface area contributed by atoms with Crippen LogP contribution in [0.15, 0.2) is 29.2 Å². The van der Waals surface area contributed by atoms with Crippen LogP contribution in [0.3, 0.4) is 0 Å². The molecule has 0 amide bonds. The van der Waals surface area contributed by atoms with Gasteiger partial charge in [-0.15, -0.1) is 0 Å². The van der Waals surface area contributed by atoms with Gasteiger partial charge >= 0.3 is 0 Å². The Bertz CT molecular complexity index is 1070. The molecular weight excluding hydrogens is 426 g/mol. The van der Waals surface area contributed by atoms with Gasteiger partial charge in [0.05, 0.1) is 32.6 Å². The van der Waals surface area contributed by atoms with Gasteiger partial charge in [-0.1, -0.05) is 17.7 Å². The van der Waals surface area contributed by atoms with Crippen molar-refractivity contribution < 1.29 is 27.3 Å². The summed E-state index contributed by atoms with van der Waals surface area (Å²) >= 11 is 0. The van der Waals surface area contributed by atoms with Gasteiger partial charge in [0.25, 0.3) is 0 Å². The normalized spacial score (nSPS) is 18.3. The summed E-state index contributed by atoms with van der Waals surface area (Å²) in [5.74, 6) is 1.45. The van der Waals surface area contributed by atoms with Crippen molar-refractivity contribution >= 4 is 10.1 Å². The molecule has 32 heavy (non-hydrogen) atoms. The van der Waals surface area contributed by atoms with E-state index in [-0.39, 0.29) is 10.5 Å². The number of quaternary nitrogens is 1. The number of benzene rings is 2. The Kier molecular flexibility index (Phi) is 7.70. The second kappa shape index (κ2) is 9.41. The number of hydrogen-bond acceptors (Lipinski definition) is 5. The zero-order valence-electron chi connectivity index (χ0n) is 20.6. The van der Waals surface area contributed by atoms with E-state index in [4.69, 9.17) is 4.74 Å². The summed E-state index contributed by atoms with van der Waals surface area (Å²) in [6.45, 7) is 11.2. The Balaban J connectivity index is 0.000000278. The van der Waals surface area contributed by atoms with Gasteiger partial charge in [0.2, 0.25) is 0 Å². The first kappa shape index (κ1) is 26.2. The third-order valence-corrected chi connectivity index (χ3v) is 7.06. The average Bonchev–Trinajstić information content (AvgIpc) is 2.69. The highest BCUT2D eigenvalue weighted by molar-refractivity contribution is 7.85. The summed E-state index contributed by atoms with van der Waals surface area (Å²) in [4.78, 5) is -0.178. The van der Waals surface area contributed by atoms with E-state index in [1.807, 2.05) is 20.8 Å². The highest BCUT2D eigenvalue weighted by Gasteiger charge is 2.35. The number of aryl methyl sites for hydroxylation is 1. The van der Waals surface area contributed by atoms with E-state index in [9.17, 15) is 18.1 Å². The smallest absolute Gasteiger partial charge is 0.127 e. The summed E-state index contributed by atoms with van der Waals surface area (Å²) < 4.78 is 38.6. The number of rotatable bonds is 4. The molecule has 7 heteroatoms. The number of fused-ring (bicyclic) bond motifs is 1. The van der Waals surface area contributed by atoms with Crippen LogP contribution in [0.2, 0.25) is 0 Å². The maximum Gasteiger partial charge on any atom is 0.127 e. The molecule has 0 saturated heterocycles. The molecule has 1 aliphatic heterocycles. The number of ether oxygens (including phenoxy) is 1. The Morgan fingerprint density at radius 3 is 2.09 bits per heavy atom. The maximum atomic E-state index is 10.4. The third-order valence-electron chi connectivity index (χ3n) is 6.21. The van der Waals surface area contributed by atoms with Crippen molar-refractivity contribution in [3.8, 4) is 11.5 Å². The van der Waals surface area contributed by atoms with E-state index >= 15 is 0 Å². The zero-order valence-corrected chi connectivity index (χ0v) is 21.4. The minimum absolute atomic E-state index is 0.0981. The molecule has 1 aliphatic rings. The first-order chi connectivity index (χ1) is 14.5. The van der Waals surface area contributed by atoms with Gasteiger partial charge in [0.1, 0.15) is 27.2 Å². The number of nitrogens with zero attached hydrogens (tertiary/aromatic N) is 1. The van der Waals surface area contributed by atoms with Crippen LogP contribution in [0.1, 0.15) is 47.6 Å². The molecule has 6 nitrogen and oxygen atoms in total. The molecular formula is C25H37NO5S. The lowest BCUT2D eigenvalue weighted by Crippen LogP contribution is -2.44. The molecule has 0 spiro atoms. The van der Waals surface area contributed by atoms with E-state index in [2.05, 4.69) is 35.0 Å². The number of hydrogen-bond donors (Lipinski definition) is 1. The van der Waals surface area contributed by atoms with Crippen LogP contribution in [0, 0.1) is 27.7 Å². The molecule has 2 aromatic carbocycles. The fraction of sp³-hybridized carbons (Fsp3) is 0.520. The summed E-state index contributed by atoms with van der Waals surface area (Å²) in [7, 11) is 2.39. The second-order valence-electron chi connectivity index (χ2n) is 10.1. The first-order valence-electron chi connectivity index (χ1n) is 10.9. The molecule has 1 heterocycles. The van der Waals surface area contributed by atoms with Gasteiger partial charge in [-0.2, -0.15) is 0 Å². The minimum Gasteiger partial charge on any atom is -0.744 e. The van der Waals surface area contributed by atoms with Crippen LogP contribution in [0.25, 0.3) is 0 Å². The summed E-state index contributed by atoms with van der Waals surface area (Å²) in [6, 6.07) is 5.78. The third kappa shape index (κ3) is 6.47. The van der Waals surface area contributed by atoms with Crippen LogP contribution in [0.4, 0.5) is 0 Å². The van der Waals surface area contributed by atoms with Gasteiger partial charge in [0.15, 0.2) is 0 Å². The fourth-order valence-electron chi connectivity index (χ4n) is 3.75. The number of phenols is 1. The van der Waals surface area contributed by atoms with E-state index < -0.39 is 10.1 Å². The highest BCUT2D eigenvalue weighted by atomic mass is 32.2. The summed E-state index contributed by atoms with van der Waals surface area (Å²) in [5, 5.41) is 10.2. The van der Waals surface area contributed by atoms with Crippen LogP contribution in [-0.4, -0.2) is 55.8 Å². The van der Waals surface area contributed by atoms with E-state index in [0.717, 1.165) is 58.3 Å². The van der Waals surface area contributed by atoms with Crippen molar-refractivity contribution in [2.75, 3.05) is 27.7 Å². The summed E-state index contributed by atoms with van der Waals surface area (Å²) in [6.07, 6.45) is 3.06. The van der Waals surface area contributed by atoms with Crippen molar-refractivity contribution in [3.63, 3.8) is 0 Å². The van der Waals surface area contributed by atoms with Gasteiger partial charge in [0, 0.05) is 12.0 Å². The Morgan fingerprint density at radius 1 is 1.03 bits per heavy atom. The standard InChI is InChI=1S/C18H29NO2.C7H8O3S/c1-12-13(2)17-15(14(3)16(12)20)8-9-18(4,21-17)10-11-19(5,6)7;1-6-2-4-7(5-3-6)11(8,9)10/h8-11H2,1-7H3;2-5H,1H3,(H,8,9,10)/t18-;/m1./s1. The number of aromatic hydroxyl groups is 1. The van der Waals surface area contributed by atoms with Crippen molar-refractivity contribution in [1.82, 2.24) is 0 Å². The largest absolute Gasteiger partial charge is 0.744 e. The Hall–Kier alpha value is -2.09. The monoisotopic (exact) mass is 463 g/mol. The SMILES string of the molecule is Cc1c(C)c2c(c(C)c1O)CC[C@](C)(CC[N+](C)(C)C)O2.Cc1ccc(S(=O)(=O)[O-])cc1. The molecule has 0 saturated carbocycles. The summed E-state index contributed by atoms with van der Waals surface area (Å²) in [5.41, 5.74) is 5.04. The molecule has 0 radical (unpaired) electrons. The molecule has 0 bridgehead atoms. The maximum absolute atomic E-state index is 10.4. The van der Waals surface area contributed by atoms with Crippen LogP contribution in [-0.2, 0) is 16.5 Å². The van der Waals surface area contributed by atoms with Crippen molar-refractivity contribution in [3.05, 3.63) is 52.1 Å². The molecule has 3 rings (SSSR count). The molecule has 1 N–H and O–H groups in total. The zero-order chi connectivity index (χ0) is 24.5. The Labute approximate surface area is 193 Å². The quantitative estimate of drug-likeness (QED) is 0.537. The second-order valence-corrected chi connectivity index (χ2v) is 11.5. The molecule has 2 aromatic rings. The predicted octanol–water partition coefficient (Wildman–Crippen LogP) is 4.40. The molecule has 0 unspecified atom stereocenters. The minimum atomic E-state index is -4.27. The van der Waals surface area contributed by atoms with Crippen LogP contribution >= 0.6 is 0 Å².